The van der Waals surface area contributed by atoms with Gasteiger partial charge in [0.2, 0.25) is 0 Å². The van der Waals surface area contributed by atoms with E-state index < -0.39 is 11.8 Å². The lowest BCUT2D eigenvalue weighted by atomic mass is 9.84. The van der Waals surface area contributed by atoms with Gasteiger partial charge in [-0.25, -0.2) is 0 Å². The average molecular weight is 346 g/mol. The monoisotopic (exact) mass is 346 g/mol. The van der Waals surface area contributed by atoms with Gasteiger partial charge in [-0.05, 0) is 62.3 Å². The Morgan fingerprint density at radius 1 is 1.04 bits per heavy atom. The van der Waals surface area contributed by atoms with E-state index in [0.717, 1.165) is 50.2 Å². The number of anilines is 1. The molecule has 1 saturated carbocycles. The first-order valence-corrected chi connectivity index (χ1v) is 9.47. The highest BCUT2D eigenvalue weighted by molar-refractivity contribution is 6.39. The molecule has 2 rings (SSSR count). The fraction of sp³-hybridized carbons (Fsp3) is 0.600. The topological polar surface area (TPSA) is 67.4 Å². The minimum Gasteiger partial charge on any atom is -0.494 e. The van der Waals surface area contributed by atoms with E-state index in [9.17, 15) is 9.59 Å². The molecule has 0 heterocycles. The maximum atomic E-state index is 12.1. The van der Waals surface area contributed by atoms with Gasteiger partial charge < -0.3 is 15.4 Å². The quantitative estimate of drug-likeness (QED) is 0.581. The van der Waals surface area contributed by atoms with E-state index in [0.29, 0.717) is 12.3 Å². The van der Waals surface area contributed by atoms with Crippen molar-refractivity contribution >= 4 is 17.5 Å². The van der Waals surface area contributed by atoms with Crippen LogP contribution in [0.2, 0.25) is 0 Å². The number of hydrogen-bond donors (Lipinski definition) is 2. The second-order valence-electron chi connectivity index (χ2n) is 6.78. The van der Waals surface area contributed by atoms with Crippen LogP contribution in [0.3, 0.4) is 0 Å². The highest BCUT2D eigenvalue weighted by atomic mass is 16.5. The average Bonchev–Trinajstić information content (AvgIpc) is 2.64. The Bertz CT molecular complexity index is 549. The molecule has 5 nitrogen and oxygen atoms in total. The molecule has 138 valence electrons. The van der Waals surface area contributed by atoms with Crippen LogP contribution in [0.15, 0.2) is 24.3 Å². The highest BCUT2D eigenvalue weighted by Gasteiger charge is 2.23. The van der Waals surface area contributed by atoms with Crippen molar-refractivity contribution in [1.29, 1.82) is 0 Å². The van der Waals surface area contributed by atoms with Crippen LogP contribution >= 0.6 is 0 Å². The number of carbonyl (C=O) groups excluding carboxylic acids is 2. The Morgan fingerprint density at radius 2 is 1.72 bits per heavy atom. The molecule has 0 spiro atoms. The van der Waals surface area contributed by atoms with E-state index in [4.69, 9.17) is 4.74 Å². The van der Waals surface area contributed by atoms with Gasteiger partial charge in [-0.3, -0.25) is 9.59 Å². The summed E-state index contributed by atoms with van der Waals surface area (Å²) in [4.78, 5) is 24.1. The van der Waals surface area contributed by atoms with Gasteiger partial charge in [-0.2, -0.15) is 0 Å². The Labute approximate surface area is 150 Å². The summed E-state index contributed by atoms with van der Waals surface area (Å²) in [6.45, 7) is 5.00. The van der Waals surface area contributed by atoms with Crippen LogP contribution in [0, 0.1) is 5.92 Å². The van der Waals surface area contributed by atoms with E-state index >= 15 is 0 Å². The molecule has 1 aromatic rings. The van der Waals surface area contributed by atoms with E-state index in [1.54, 1.807) is 24.3 Å². The molecule has 0 aromatic heterocycles. The Balaban J connectivity index is 1.76. The number of hydrogen-bond acceptors (Lipinski definition) is 3. The lowest BCUT2D eigenvalue weighted by molar-refractivity contribution is -0.136. The summed E-state index contributed by atoms with van der Waals surface area (Å²) in [5.41, 5.74) is 0.595. The van der Waals surface area contributed by atoms with Crippen molar-refractivity contribution in [2.24, 2.45) is 5.92 Å². The lowest BCUT2D eigenvalue weighted by Crippen LogP contribution is -2.43. The molecule has 0 atom stereocenters. The van der Waals surface area contributed by atoms with Crippen molar-refractivity contribution in [3.8, 4) is 5.75 Å². The largest absolute Gasteiger partial charge is 0.494 e. The van der Waals surface area contributed by atoms with Crippen molar-refractivity contribution in [3.63, 3.8) is 0 Å². The first kappa shape index (κ1) is 19.3. The molecule has 2 amide bonds. The molecule has 2 N–H and O–H groups in total. The molecule has 25 heavy (non-hydrogen) atoms. The molecule has 1 aromatic carbocycles. The molecule has 5 heteroatoms. The Hall–Kier alpha value is -2.04. The van der Waals surface area contributed by atoms with Gasteiger partial charge in [-0.15, -0.1) is 0 Å². The van der Waals surface area contributed by atoms with Crippen LogP contribution in [0.25, 0.3) is 0 Å². The maximum absolute atomic E-state index is 12.1. The van der Waals surface area contributed by atoms with Crippen LogP contribution < -0.4 is 15.4 Å². The molecule has 1 fully saturated rings. The highest BCUT2D eigenvalue weighted by Crippen LogP contribution is 2.26. The predicted molar refractivity (Wildman–Crippen MR) is 99.7 cm³/mol. The number of unbranched alkanes of at least 4 members (excludes halogenated alkanes) is 1. The van der Waals surface area contributed by atoms with Crippen LogP contribution in [0.4, 0.5) is 5.69 Å². The maximum Gasteiger partial charge on any atom is 0.313 e. The van der Waals surface area contributed by atoms with E-state index in [-0.39, 0.29) is 6.04 Å². The van der Waals surface area contributed by atoms with Gasteiger partial charge in [0.1, 0.15) is 5.75 Å². The minimum absolute atomic E-state index is 0.121. The van der Waals surface area contributed by atoms with Crippen molar-refractivity contribution in [1.82, 2.24) is 5.32 Å². The number of nitrogens with one attached hydrogen (secondary N) is 2. The normalized spacial score (nSPS) is 19.9. The molecule has 0 saturated heterocycles. The van der Waals surface area contributed by atoms with Gasteiger partial charge in [-0.1, -0.05) is 26.7 Å². The van der Waals surface area contributed by atoms with Gasteiger partial charge in [0.25, 0.3) is 0 Å². The van der Waals surface area contributed by atoms with Crippen molar-refractivity contribution in [2.45, 2.75) is 64.8 Å². The van der Waals surface area contributed by atoms with Crippen LogP contribution in [0.5, 0.6) is 5.75 Å². The molecule has 0 unspecified atom stereocenters. The molecule has 0 aliphatic heterocycles. The van der Waals surface area contributed by atoms with E-state index in [2.05, 4.69) is 24.5 Å². The third kappa shape index (κ3) is 6.40. The number of rotatable bonds is 7. The zero-order valence-corrected chi connectivity index (χ0v) is 15.3. The number of ether oxygens (including phenoxy) is 1. The van der Waals surface area contributed by atoms with Gasteiger partial charge >= 0.3 is 11.8 Å². The van der Waals surface area contributed by atoms with Crippen molar-refractivity contribution in [2.75, 3.05) is 11.9 Å². The minimum atomic E-state index is -0.614. The number of benzene rings is 1. The molecular weight excluding hydrogens is 316 g/mol. The fourth-order valence-corrected chi connectivity index (χ4v) is 3.12. The summed E-state index contributed by atoms with van der Waals surface area (Å²) in [6, 6.07) is 7.22. The Morgan fingerprint density at radius 3 is 2.32 bits per heavy atom. The first-order chi connectivity index (χ1) is 12.1. The Kier molecular flexibility index (Phi) is 7.76. The molecule has 1 aliphatic carbocycles. The summed E-state index contributed by atoms with van der Waals surface area (Å²) in [5.74, 6) is 0.365. The second-order valence-corrected chi connectivity index (χ2v) is 6.78. The summed E-state index contributed by atoms with van der Waals surface area (Å²) in [5, 5.41) is 5.49. The zero-order chi connectivity index (χ0) is 18.1. The molecule has 0 radical (unpaired) electrons. The second kappa shape index (κ2) is 10.1. The standard InChI is InChI=1S/C20H30N2O3/c1-3-5-14-25-18-12-10-17(11-13-18)22-20(24)19(23)21-16-8-6-15(4-2)7-9-16/h10-13,15-16H,3-9,14H2,1-2H3,(H,21,23)(H,22,24). The summed E-state index contributed by atoms with van der Waals surface area (Å²) >= 11 is 0. The molecule has 1 aliphatic rings. The molecule has 0 bridgehead atoms. The number of carbonyl (C=O) groups is 2. The predicted octanol–water partition coefficient (Wildman–Crippen LogP) is 3.89. The van der Waals surface area contributed by atoms with Crippen molar-refractivity contribution < 1.29 is 14.3 Å². The van der Waals surface area contributed by atoms with Gasteiger partial charge in [0.15, 0.2) is 0 Å². The third-order valence-electron chi connectivity index (χ3n) is 4.84. The number of amides is 2. The van der Waals surface area contributed by atoms with Crippen LogP contribution in [0.1, 0.15) is 58.8 Å². The van der Waals surface area contributed by atoms with E-state index in [1.165, 1.54) is 6.42 Å². The summed E-state index contributed by atoms with van der Waals surface area (Å²) < 4.78 is 5.58. The summed E-state index contributed by atoms with van der Waals surface area (Å²) in [6.07, 6.45) is 7.47. The van der Waals surface area contributed by atoms with E-state index in [1.807, 2.05) is 0 Å². The lowest BCUT2D eigenvalue weighted by Gasteiger charge is -2.28. The zero-order valence-electron chi connectivity index (χ0n) is 15.3. The molecular formula is C20H30N2O3. The SMILES string of the molecule is CCCCOc1ccc(NC(=O)C(=O)NC2CCC(CC)CC2)cc1. The summed E-state index contributed by atoms with van der Waals surface area (Å²) in [7, 11) is 0. The fourth-order valence-electron chi connectivity index (χ4n) is 3.12. The smallest absolute Gasteiger partial charge is 0.313 e. The van der Waals surface area contributed by atoms with Gasteiger partial charge in [0, 0.05) is 11.7 Å². The van der Waals surface area contributed by atoms with Crippen molar-refractivity contribution in [3.05, 3.63) is 24.3 Å². The van der Waals surface area contributed by atoms with Crippen LogP contribution in [-0.2, 0) is 9.59 Å². The van der Waals surface area contributed by atoms with Gasteiger partial charge in [0.05, 0.1) is 6.61 Å². The third-order valence-corrected chi connectivity index (χ3v) is 4.84. The van der Waals surface area contributed by atoms with Crippen LogP contribution in [-0.4, -0.2) is 24.5 Å². The first-order valence-electron chi connectivity index (χ1n) is 9.47.